The highest BCUT2D eigenvalue weighted by molar-refractivity contribution is 6.50. The number of halogens is 6. The Bertz CT molecular complexity index is 1620. The van der Waals surface area contributed by atoms with Crippen molar-refractivity contribution in [2.24, 2.45) is 0 Å². The normalized spacial score (nSPS) is 11.7. The molecule has 2 heterocycles. The smallest absolute Gasteiger partial charge is 0.496 e. The Morgan fingerprint density at radius 3 is 2.02 bits per heavy atom. The van der Waals surface area contributed by atoms with Gasteiger partial charge in [-0.2, -0.15) is 4.57 Å². The van der Waals surface area contributed by atoms with Gasteiger partial charge >= 0.3 is 13.2 Å². The molecule has 0 fully saturated rings. The lowest BCUT2D eigenvalue weighted by atomic mass is 9.87. The van der Waals surface area contributed by atoms with Crippen LogP contribution < -0.4 is 18.9 Å². The summed E-state index contributed by atoms with van der Waals surface area (Å²) in [5, 5.41) is 2.24. The van der Waals surface area contributed by atoms with Gasteiger partial charge in [0.25, 0.3) is 0 Å². The second-order valence-electron chi connectivity index (χ2n) is 9.56. The molecular formula is C31H35BCl2F4N2O4. The van der Waals surface area contributed by atoms with E-state index in [1.54, 1.807) is 14.2 Å². The molecule has 238 valence electrons. The largest absolute Gasteiger partial charge is 0.673 e. The number of aromatic nitrogens is 1. The standard InChI is InChI=1S/C30H33N2O4.CH2Cl2.BF4/c1-6-17-31-20-11-9-13-23(34-4)25(20)28-26-21(12-10-14-24(26)35-5)32(18-7-2)29-19(30(33)36-8-3)15-16-22(31)27(28)29;2-1-3;2-1(3,4)5/h9-16H,6-8,17-18H2,1-5H3;1H2;/q+1;;-1. The summed E-state index contributed by atoms with van der Waals surface area (Å²) < 4.78 is 58.7. The molecule has 0 unspecified atom stereocenters. The highest BCUT2D eigenvalue weighted by Crippen LogP contribution is 2.54. The average molecular weight is 657 g/mol. The predicted octanol–water partition coefficient (Wildman–Crippen LogP) is 9.13. The molecule has 0 bridgehead atoms. The number of fused-ring (bicyclic) bond motifs is 4. The minimum Gasteiger partial charge on any atom is -0.496 e. The van der Waals surface area contributed by atoms with Gasteiger partial charge in [-0.15, -0.1) is 23.2 Å². The first-order valence-electron chi connectivity index (χ1n) is 14.1. The maximum atomic E-state index is 13.3. The van der Waals surface area contributed by atoms with Crippen molar-refractivity contribution in [1.29, 1.82) is 0 Å². The zero-order valence-electron chi connectivity index (χ0n) is 25.2. The Morgan fingerprint density at radius 1 is 0.841 bits per heavy atom. The number of alkyl halides is 2. The Labute approximate surface area is 264 Å². The van der Waals surface area contributed by atoms with E-state index in [1.807, 2.05) is 37.3 Å². The van der Waals surface area contributed by atoms with Crippen molar-refractivity contribution in [1.82, 2.24) is 0 Å². The number of methoxy groups -OCH3 is 2. The van der Waals surface area contributed by atoms with Crippen LogP contribution in [0.3, 0.4) is 0 Å². The van der Waals surface area contributed by atoms with E-state index in [-0.39, 0.29) is 11.3 Å². The summed E-state index contributed by atoms with van der Waals surface area (Å²) in [4.78, 5) is 15.6. The Kier molecular flexibility index (Phi) is 12.4. The maximum absolute atomic E-state index is 13.3. The van der Waals surface area contributed by atoms with E-state index in [4.69, 9.17) is 37.4 Å². The van der Waals surface area contributed by atoms with E-state index in [9.17, 15) is 22.1 Å². The Balaban J connectivity index is 0.000000592. The number of benzene rings is 3. The average Bonchev–Trinajstić information content (AvgIpc) is 2.98. The van der Waals surface area contributed by atoms with Crippen LogP contribution in [0.5, 0.6) is 11.5 Å². The number of anilines is 2. The lowest BCUT2D eigenvalue weighted by Crippen LogP contribution is -2.38. The van der Waals surface area contributed by atoms with Crippen LogP contribution in [0, 0.1) is 0 Å². The zero-order chi connectivity index (χ0) is 32.6. The lowest BCUT2D eigenvalue weighted by Gasteiger charge is -2.34. The van der Waals surface area contributed by atoms with E-state index in [1.165, 1.54) is 0 Å². The first-order chi connectivity index (χ1) is 21.0. The van der Waals surface area contributed by atoms with Gasteiger partial charge in [-0.05, 0) is 43.7 Å². The summed E-state index contributed by atoms with van der Waals surface area (Å²) in [6, 6.07) is 16.3. The number of esters is 1. The van der Waals surface area contributed by atoms with Crippen LogP contribution in [0.2, 0.25) is 0 Å². The molecule has 13 heteroatoms. The van der Waals surface area contributed by atoms with Crippen molar-refractivity contribution >= 4 is 69.6 Å². The van der Waals surface area contributed by atoms with Crippen molar-refractivity contribution in [2.45, 2.75) is 40.2 Å². The van der Waals surface area contributed by atoms with Gasteiger partial charge in [0.1, 0.15) is 23.6 Å². The summed E-state index contributed by atoms with van der Waals surface area (Å²) in [6.07, 6.45) is 1.88. The zero-order valence-corrected chi connectivity index (χ0v) is 26.7. The number of hydrogen-bond acceptors (Lipinski definition) is 5. The summed E-state index contributed by atoms with van der Waals surface area (Å²) in [5.74, 6) is 1.28. The Hall–Kier alpha value is -3.44. The molecule has 1 aliphatic heterocycles. The van der Waals surface area contributed by atoms with Gasteiger partial charge in [-0.1, -0.05) is 26.0 Å². The molecule has 0 radical (unpaired) electrons. The van der Waals surface area contributed by atoms with Gasteiger partial charge in [-0.25, -0.2) is 4.79 Å². The van der Waals surface area contributed by atoms with Crippen LogP contribution in [0.25, 0.3) is 32.9 Å². The monoisotopic (exact) mass is 656 g/mol. The SMILES string of the molecule is CCCN1c2cccc(OC)c2-c2c3c(OC)cccc3[n+](CCC)c3c(C(=O)OCC)ccc1c23.ClCCl.F[B-](F)(F)F. The third-order valence-electron chi connectivity index (χ3n) is 6.89. The summed E-state index contributed by atoms with van der Waals surface area (Å²) in [5.41, 5.74) is 6.70. The molecule has 0 aliphatic carbocycles. The molecule has 1 aliphatic rings. The molecule has 4 aromatic rings. The third-order valence-corrected chi connectivity index (χ3v) is 6.89. The van der Waals surface area contributed by atoms with E-state index in [0.717, 1.165) is 81.7 Å². The number of nitrogens with zero attached hydrogens (tertiary/aromatic N) is 2. The van der Waals surface area contributed by atoms with Gasteiger partial charge in [0, 0.05) is 30.2 Å². The molecule has 0 spiro atoms. The van der Waals surface area contributed by atoms with Crippen LogP contribution >= 0.6 is 23.2 Å². The molecule has 5 rings (SSSR count). The topological polar surface area (TPSA) is 51.9 Å². The van der Waals surface area contributed by atoms with Crippen LogP contribution in [0.15, 0.2) is 48.5 Å². The van der Waals surface area contributed by atoms with Crippen LogP contribution in [0.4, 0.5) is 28.6 Å². The molecule has 0 saturated carbocycles. The fourth-order valence-corrected chi connectivity index (χ4v) is 5.58. The van der Waals surface area contributed by atoms with Gasteiger partial charge in [-0.3, -0.25) is 0 Å². The number of pyridine rings is 1. The van der Waals surface area contributed by atoms with Crippen LogP contribution in [-0.4, -0.2) is 45.9 Å². The highest BCUT2D eigenvalue weighted by Gasteiger charge is 2.37. The van der Waals surface area contributed by atoms with Crippen molar-refractivity contribution < 1.29 is 40.8 Å². The molecule has 3 aromatic carbocycles. The van der Waals surface area contributed by atoms with Gasteiger partial charge in [0.15, 0.2) is 0 Å². The van der Waals surface area contributed by atoms with Crippen molar-refractivity contribution in [2.75, 3.05) is 37.6 Å². The minimum absolute atomic E-state index is 0.194. The fraction of sp³-hybridized carbons (Fsp3) is 0.355. The Morgan fingerprint density at radius 2 is 1.45 bits per heavy atom. The van der Waals surface area contributed by atoms with Crippen molar-refractivity contribution in [3.63, 3.8) is 0 Å². The predicted molar refractivity (Wildman–Crippen MR) is 170 cm³/mol. The van der Waals surface area contributed by atoms with E-state index < -0.39 is 7.25 Å². The van der Waals surface area contributed by atoms with E-state index in [0.29, 0.717) is 12.2 Å². The van der Waals surface area contributed by atoms with Crippen LogP contribution in [0.1, 0.15) is 44.0 Å². The number of aryl methyl sites for hydroxylation is 1. The summed E-state index contributed by atoms with van der Waals surface area (Å²) in [7, 11) is -2.58. The third kappa shape index (κ3) is 7.26. The molecular weight excluding hydrogens is 622 g/mol. The van der Waals surface area contributed by atoms with E-state index in [2.05, 4.69) is 41.5 Å². The number of hydrogen-bond donors (Lipinski definition) is 0. The molecule has 44 heavy (non-hydrogen) atoms. The molecule has 0 saturated heterocycles. The quantitative estimate of drug-likeness (QED) is 0.0473. The van der Waals surface area contributed by atoms with Gasteiger partial charge < -0.3 is 36.4 Å². The van der Waals surface area contributed by atoms with Crippen molar-refractivity contribution in [3.8, 4) is 22.6 Å². The second-order valence-corrected chi connectivity index (χ2v) is 10.4. The van der Waals surface area contributed by atoms with Crippen molar-refractivity contribution in [3.05, 3.63) is 54.1 Å². The van der Waals surface area contributed by atoms with E-state index >= 15 is 0 Å². The first-order valence-corrected chi connectivity index (χ1v) is 15.2. The first kappa shape index (κ1) is 35.0. The lowest BCUT2D eigenvalue weighted by molar-refractivity contribution is -0.645. The molecule has 0 atom stereocenters. The summed E-state index contributed by atoms with van der Waals surface area (Å²) >= 11 is 9.53. The molecule has 0 N–H and O–H groups in total. The second kappa shape index (κ2) is 15.5. The fourth-order valence-electron chi connectivity index (χ4n) is 5.58. The van der Waals surface area contributed by atoms with Crippen LogP contribution in [-0.2, 0) is 11.3 Å². The maximum Gasteiger partial charge on any atom is 0.673 e. The molecule has 0 amide bonds. The molecule has 1 aromatic heterocycles. The number of carbonyl (C=O) groups excluding carboxylic acids is 1. The number of ether oxygens (including phenoxy) is 3. The minimum atomic E-state index is -6.00. The molecule has 6 nitrogen and oxygen atoms in total. The highest BCUT2D eigenvalue weighted by atomic mass is 35.5. The summed E-state index contributed by atoms with van der Waals surface area (Å²) in [6.45, 7) is 8.09. The van der Waals surface area contributed by atoms with Gasteiger partial charge in [0.05, 0.1) is 48.3 Å². The van der Waals surface area contributed by atoms with Gasteiger partial charge in [0.2, 0.25) is 11.0 Å². The number of rotatable bonds is 8. The number of carbonyl (C=O) groups is 1.